The summed E-state index contributed by atoms with van der Waals surface area (Å²) in [5.41, 5.74) is -1.06. The Morgan fingerprint density at radius 2 is 2.05 bits per heavy atom. The number of carbonyl (C=O) groups excluding carboxylic acids is 1. The lowest BCUT2D eigenvalue weighted by molar-refractivity contribution is 0.0901. The molecule has 0 aromatic carbocycles. The summed E-state index contributed by atoms with van der Waals surface area (Å²) in [6, 6.07) is 0. The van der Waals surface area contributed by atoms with Crippen LogP contribution in [0.4, 0.5) is 0 Å². The van der Waals surface area contributed by atoms with Gasteiger partial charge in [0.05, 0.1) is 0 Å². The topological polar surface area (TPSA) is 115 Å². The largest absolute Gasteiger partial charge is 0.501 e. The fourth-order valence-electron chi connectivity index (χ4n) is 2.37. The van der Waals surface area contributed by atoms with E-state index in [9.17, 15) is 14.7 Å². The average molecular weight is 267 g/mol. The highest BCUT2D eigenvalue weighted by Crippen LogP contribution is 2.30. The van der Waals surface area contributed by atoms with E-state index in [2.05, 4.69) is 15.3 Å². The Balaban J connectivity index is 2.35. The predicted octanol–water partition coefficient (Wildman–Crippen LogP) is 0.203. The quantitative estimate of drug-likeness (QED) is 0.584. The number of aromatic nitrogens is 2. The number of hydrogen-bond donors (Lipinski definition) is 4. The number of rotatable bonds is 3. The Morgan fingerprint density at radius 1 is 1.37 bits per heavy atom. The highest BCUT2D eigenvalue weighted by Gasteiger charge is 2.23. The molecule has 1 amide bonds. The van der Waals surface area contributed by atoms with Crippen LogP contribution in [-0.2, 0) is 0 Å². The average Bonchev–Trinajstić information content (AvgIpc) is 2.43. The van der Waals surface area contributed by atoms with E-state index in [1.807, 2.05) is 0 Å². The van der Waals surface area contributed by atoms with Crippen LogP contribution in [0.1, 0.15) is 54.3 Å². The fourth-order valence-corrected chi connectivity index (χ4v) is 2.37. The van der Waals surface area contributed by atoms with Crippen LogP contribution in [0.25, 0.3) is 0 Å². The maximum absolute atomic E-state index is 11.6. The smallest absolute Gasteiger partial charge is 0.293 e. The van der Waals surface area contributed by atoms with Gasteiger partial charge in [-0.05, 0) is 12.8 Å². The van der Waals surface area contributed by atoms with Crippen molar-refractivity contribution in [1.29, 1.82) is 0 Å². The number of amides is 1. The Labute approximate surface area is 109 Å². The molecule has 104 valence electrons. The molecule has 1 aliphatic rings. The first kappa shape index (κ1) is 13.5. The molecule has 1 aromatic heterocycles. The van der Waals surface area contributed by atoms with Gasteiger partial charge < -0.3 is 20.5 Å². The molecule has 0 spiro atoms. The van der Waals surface area contributed by atoms with Crippen molar-refractivity contribution in [2.75, 3.05) is 6.73 Å². The minimum Gasteiger partial charge on any atom is -0.501 e. The standard InChI is InChI=1S/C12H17N3O4/c16-6-13-11(18)8-9(17)12(19)15-10(14-8)7-4-2-1-3-5-7/h7,16-17H,1-6H2,(H,13,18)(H,14,15,19). The van der Waals surface area contributed by atoms with Crippen LogP contribution < -0.4 is 10.9 Å². The van der Waals surface area contributed by atoms with Gasteiger partial charge in [-0.25, -0.2) is 4.98 Å². The second kappa shape index (κ2) is 5.83. The highest BCUT2D eigenvalue weighted by molar-refractivity contribution is 5.94. The number of nitrogens with zero attached hydrogens (tertiary/aromatic N) is 1. The zero-order chi connectivity index (χ0) is 13.8. The summed E-state index contributed by atoms with van der Waals surface area (Å²) < 4.78 is 0. The first-order valence-electron chi connectivity index (χ1n) is 6.35. The summed E-state index contributed by atoms with van der Waals surface area (Å²) in [6.07, 6.45) is 5.11. The molecule has 0 aliphatic heterocycles. The van der Waals surface area contributed by atoms with E-state index in [1.165, 1.54) is 0 Å². The first-order valence-corrected chi connectivity index (χ1v) is 6.35. The zero-order valence-corrected chi connectivity index (χ0v) is 10.5. The minimum atomic E-state index is -0.761. The molecule has 1 aromatic rings. The van der Waals surface area contributed by atoms with Crippen molar-refractivity contribution in [3.05, 3.63) is 21.9 Å². The van der Waals surface area contributed by atoms with Gasteiger partial charge in [0.25, 0.3) is 11.5 Å². The van der Waals surface area contributed by atoms with Crippen molar-refractivity contribution in [3.8, 4) is 5.75 Å². The van der Waals surface area contributed by atoms with Gasteiger partial charge in [-0.3, -0.25) is 9.59 Å². The lowest BCUT2D eigenvalue weighted by atomic mass is 9.88. The van der Waals surface area contributed by atoms with Crippen LogP contribution in [-0.4, -0.2) is 32.8 Å². The molecule has 1 heterocycles. The number of aromatic amines is 1. The number of carbonyl (C=O) groups is 1. The van der Waals surface area contributed by atoms with Crippen molar-refractivity contribution in [3.63, 3.8) is 0 Å². The maximum Gasteiger partial charge on any atom is 0.293 e. The summed E-state index contributed by atoms with van der Waals surface area (Å²) in [7, 11) is 0. The van der Waals surface area contributed by atoms with E-state index < -0.39 is 23.9 Å². The minimum absolute atomic E-state index is 0.114. The molecule has 0 bridgehead atoms. The van der Waals surface area contributed by atoms with Crippen LogP contribution >= 0.6 is 0 Å². The van der Waals surface area contributed by atoms with Crippen LogP contribution in [0.15, 0.2) is 4.79 Å². The molecule has 0 saturated heterocycles. The van der Waals surface area contributed by atoms with Crippen LogP contribution in [0.3, 0.4) is 0 Å². The molecule has 0 radical (unpaired) electrons. The van der Waals surface area contributed by atoms with Gasteiger partial charge in [0, 0.05) is 5.92 Å². The van der Waals surface area contributed by atoms with Crippen molar-refractivity contribution < 1.29 is 15.0 Å². The summed E-state index contributed by atoms with van der Waals surface area (Å²) in [5, 5.41) is 20.3. The third kappa shape index (κ3) is 2.93. The van der Waals surface area contributed by atoms with Crippen molar-refractivity contribution >= 4 is 5.91 Å². The summed E-state index contributed by atoms with van der Waals surface area (Å²) >= 11 is 0. The predicted molar refractivity (Wildman–Crippen MR) is 66.9 cm³/mol. The van der Waals surface area contributed by atoms with E-state index in [-0.39, 0.29) is 11.6 Å². The third-order valence-corrected chi connectivity index (χ3v) is 3.36. The Morgan fingerprint density at radius 3 is 2.68 bits per heavy atom. The molecule has 4 N–H and O–H groups in total. The molecule has 19 heavy (non-hydrogen) atoms. The van der Waals surface area contributed by atoms with Crippen molar-refractivity contribution in [1.82, 2.24) is 15.3 Å². The third-order valence-electron chi connectivity index (χ3n) is 3.36. The highest BCUT2D eigenvalue weighted by atomic mass is 16.3. The Kier molecular flexibility index (Phi) is 4.16. The number of aliphatic hydroxyl groups is 1. The van der Waals surface area contributed by atoms with E-state index in [1.54, 1.807) is 0 Å². The van der Waals surface area contributed by atoms with Gasteiger partial charge in [-0.1, -0.05) is 19.3 Å². The molecule has 7 heteroatoms. The van der Waals surface area contributed by atoms with Gasteiger partial charge in [-0.15, -0.1) is 0 Å². The molecule has 2 rings (SSSR count). The molecule has 0 unspecified atom stereocenters. The summed E-state index contributed by atoms with van der Waals surface area (Å²) in [4.78, 5) is 29.8. The number of aromatic hydroxyl groups is 1. The zero-order valence-electron chi connectivity index (χ0n) is 10.5. The first-order chi connectivity index (χ1) is 9.13. The van der Waals surface area contributed by atoms with Gasteiger partial charge in [0.15, 0.2) is 5.69 Å². The number of nitrogens with one attached hydrogen (secondary N) is 2. The van der Waals surface area contributed by atoms with E-state index >= 15 is 0 Å². The molecular weight excluding hydrogens is 250 g/mol. The van der Waals surface area contributed by atoms with Crippen LogP contribution in [0, 0.1) is 0 Å². The van der Waals surface area contributed by atoms with Crippen molar-refractivity contribution in [2.45, 2.75) is 38.0 Å². The molecule has 1 saturated carbocycles. The molecular formula is C12H17N3O4. The molecule has 1 fully saturated rings. The van der Waals surface area contributed by atoms with Gasteiger partial charge in [-0.2, -0.15) is 0 Å². The van der Waals surface area contributed by atoms with Crippen LogP contribution in [0.5, 0.6) is 5.75 Å². The molecule has 0 atom stereocenters. The lowest BCUT2D eigenvalue weighted by Gasteiger charge is -2.20. The van der Waals surface area contributed by atoms with Gasteiger partial charge >= 0.3 is 0 Å². The summed E-state index contributed by atoms with van der Waals surface area (Å²) in [5.74, 6) is -0.929. The Hall–Kier alpha value is -1.89. The van der Waals surface area contributed by atoms with Gasteiger partial charge in [0.1, 0.15) is 12.6 Å². The summed E-state index contributed by atoms with van der Waals surface area (Å²) in [6.45, 7) is -0.578. The monoisotopic (exact) mass is 267 g/mol. The van der Waals surface area contributed by atoms with Gasteiger partial charge in [0.2, 0.25) is 5.75 Å². The second-order valence-electron chi connectivity index (χ2n) is 4.65. The Bertz CT molecular complexity index is 520. The number of H-pyrrole nitrogens is 1. The van der Waals surface area contributed by atoms with E-state index in [4.69, 9.17) is 5.11 Å². The lowest BCUT2D eigenvalue weighted by Crippen LogP contribution is -2.28. The van der Waals surface area contributed by atoms with Crippen molar-refractivity contribution in [2.24, 2.45) is 0 Å². The number of hydrogen-bond acceptors (Lipinski definition) is 5. The normalized spacial score (nSPS) is 16.3. The van der Waals surface area contributed by atoms with Crippen LogP contribution in [0.2, 0.25) is 0 Å². The molecule has 1 aliphatic carbocycles. The SMILES string of the molecule is O=C(NCO)c1nc(C2CCCCC2)[nH]c(=O)c1O. The van der Waals surface area contributed by atoms with E-state index in [0.29, 0.717) is 5.82 Å². The molecule has 7 nitrogen and oxygen atoms in total. The maximum atomic E-state index is 11.6. The fraction of sp³-hybridized carbons (Fsp3) is 0.583. The number of aliphatic hydroxyl groups excluding tert-OH is 1. The second-order valence-corrected chi connectivity index (χ2v) is 4.65. The van der Waals surface area contributed by atoms with E-state index in [0.717, 1.165) is 32.1 Å².